The van der Waals surface area contributed by atoms with E-state index >= 15 is 0 Å². The number of terminal acetylenes is 1. The maximum absolute atomic E-state index is 11.2. The summed E-state index contributed by atoms with van der Waals surface area (Å²) in [5, 5.41) is 7.02. The molecule has 1 rings (SSSR count). The minimum atomic E-state index is -0.436. The molecule has 0 amide bonds. The molecule has 1 aromatic rings. The first kappa shape index (κ1) is 11.3. The molecule has 0 aliphatic carbocycles. The van der Waals surface area contributed by atoms with Crippen LogP contribution in [0, 0.1) is 12.3 Å². The lowest BCUT2D eigenvalue weighted by atomic mass is 10.3. The molecule has 1 aromatic heterocycles. The van der Waals surface area contributed by atoms with E-state index in [1.54, 1.807) is 17.8 Å². The van der Waals surface area contributed by atoms with E-state index in [4.69, 9.17) is 6.42 Å². The van der Waals surface area contributed by atoms with Crippen LogP contribution in [0.1, 0.15) is 16.2 Å². The van der Waals surface area contributed by atoms with Gasteiger partial charge in [-0.1, -0.05) is 5.92 Å². The number of nitrogens with one attached hydrogen (secondary N) is 1. The molecule has 0 saturated carbocycles. The predicted octanol–water partition coefficient (Wildman–Crippen LogP) is -0.0705. The summed E-state index contributed by atoms with van der Waals surface area (Å²) in [6.07, 6.45) is 5.10. The number of ether oxygens (including phenoxy) is 1. The number of hydrogen-bond acceptors (Lipinski definition) is 4. The molecule has 0 aliphatic heterocycles. The van der Waals surface area contributed by atoms with Gasteiger partial charge in [-0.05, 0) is 6.07 Å². The predicted molar refractivity (Wildman–Crippen MR) is 55.1 cm³/mol. The van der Waals surface area contributed by atoms with Crippen molar-refractivity contribution in [3.8, 4) is 12.3 Å². The maximum atomic E-state index is 11.2. The van der Waals surface area contributed by atoms with Crippen LogP contribution in [0.25, 0.3) is 0 Å². The van der Waals surface area contributed by atoms with Gasteiger partial charge in [-0.2, -0.15) is 5.10 Å². The van der Waals surface area contributed by atoms with E-state index in [1.807, 2.05) is 0 Å². The van der Waals surface area contributed by atoms with Crippen molar-refractivity contribution in [3.05, 3.63) is 17.5 Å². The monoisotopic (exact) mass is 207 g/mol. The summed E-state index contributed by atoms with van der Waals surface area (Å²) in [4.78, 5) is 11.2. The molecule has 0 bridgehead atoms. The van der Waals surface area contributed by atoms with Gasteiger partial charge in [0.05, 0.1) is 19.3 Å². The van der Waals surface area contributed by atoms with Gasteiger partial charge in [-0.15, -0.1) is 6.42 Å². The van der Waals surface area contributed by atoms with E-state index in [2.05, 4.69) is 21.1 Å². The van der Waals surface area contributed by atoms with Crippen molar-refractivity contribution >= 4 is 5.97 Å². The van der Waals surface area contributed by atoms with Gasteiger partial charge in [0.25, 0.3) is 0 Å². The molecule has 5 nitrogen and oxygen atoms in total. The highest BCUT2D eigenvalue weighted by atomic mass is 16.5. The largest absolute Gasteiger partial charge is 0.464 e. The average Bonchev–Trinajstić information content (AvgIpc) is 2.60. The summed E-state index contributed by atoms with van der Waals surface area (Å²) >= 11 is 0. The second-order valence-corrected chi connectivity index (χ2v) is 2.94. The van der Waals surface area contributed by atoms with Crippen LogP contribution in [0.4, 0.5) is 0 Å². The summed E-state index contributed by atoms with van der Waals surface area (Å²) in [5.74, 6) is 2.03. The van der Waals surface area contributed by atoms with E-state index < -0.39 is 5.97 Å². The third-order valence-corrected chi connectivity index (χ3v) is 1.90. The highest BCUT2D eigenvalue weighted by Crippen LogP contribution is 2.03. The fraction of sp³-hybridized carbons (Fsp3) is 0.400. The van der Waals surface area contributed by atoms with Crippen LogP contribution >= 0.6 is 0 Å². The standard InChI is InChI=1S/C10H13N3O2/c1-4-5-11-7-8-6-9(10(14)15-3)12-13(8)2/h1,6,11H,5,7H2,2-3H3. The Morgan fingerprint density at radius 3 is 3.13 bits per heavy atom. The smallest absolute Gasteiger partial charge is 0.358 e. The van der Waals surface area contributed by atoms with E-state index in [0.29, 0.717) is 18.8 Å². The zero-order valence-corrected chi connectivity index (χ0v) is 8.78. The molecular formula is C10H13N3O2. The maximum Gasteiger partial charge on any atom is 0.358 e. The van der Waals surface area contributed by atoms with Gasteiger partial charge < -0.3 is 10.1 Å². The van der Waals surface area contributed by atoms with Crippen LogP contribution in [0.5, 0.6) is 0 Å². The van der Waals surface area contributed by atoms with Gasteiger partial charge in [0.1, 0.15) is 0 Å². The Morgan fingerprint density at radius 2 is 2.53 bits per heavy atom. The zero-order chi connectivity index (χ0) is 11.3. The molecule has 5 heteroatoms. The van der Waals surface area contributed by atoms with Gasteiger partial charge >= 0.3 is 5.97 Å². The number of hydrogen-bond donors (Lipinski definition) is 1. The third-order valence-electron chi connectivity index (χ3n) is 1.90. The summed E-state index contributed by atoms with van der Waals surface area (Å²) in [5.41, 5.74) is 1.18. The Labute approximate surface area is 88.4 Å². The molecule has 0 fully saturated rings. The number of aromatic nitrogens is 2. The normalized spacial score (nSPS) is 9.67. The molecule has 0 atom stereocenters. The van der Waals surface area contributed by atoms with Gasteiger partial charge in [0.2, 0.25) is 0 Å². The van der Waals surface area contributed by atoms with Gasteiger partial charge in [-0.3, -0.25) is 4.68 Å². The van der Waals surface area contributed by atoms with E-state index in [9.17, 15) is 4.79 Å². The molecule has 80 valence electrons. The minimum absolute atomic E-state index is 0.303. The molecule has 0 aliphatic rings. The molecule has 15 heavy (non-hydrogen) atoms. The number of methoxy groups -OCH3 is 1. The van der Waals surface area contributed by atoms with Crippen molar-refractivity contribution in [2.24, 2.45) is 7.05 Å². The van der Waals surface area contributed by atoms with Gasteiger partial charge in [0, 0.05) is 13.6 Å². The lowest BCUT2D eigenvalue weighted by Gasteiger charge is -2.00. The summed E-state index contributed by atoms with van der Waals surface area (Å²) < 4.78 is 6.18. The van der Waals surface area contributed by atoms with Crippen molar-refractivity contribution in [2.45, 2.75) is 6.54 Å². The van der Waals surface area contributed by atoms with Crippen molar-refractivity contribution in [3.63, 3.8) is 0 Å². The first-order valence-corrected chi connectivity index (χ1v) is 4.44. The van der Waals surface area contributed by atoms with E-state index in [-0.39, 0.29) is 0 Å². The SMILES string of the molecule is C#CCNCc1cc(C(=O)OC)nn1C. The van der Waals surface area contributed by atoms with E-state index in [1.165, 1.54) is 7.11 Å². The summed E-state index contributed by atoms with van der Waals surface area (Å²) in [6.45, 7) is 1.06. The minimum Gasteiger partial charge on any atom is -0.464 e. The molecule has 0 aromatic carbocycles. The van der Waals surface area contributed by atoms with Crippen molar-refractivity contribution < 1.29 is 9.53 Å². The van der Waals surface area contributed by atoms with Crippen LogP contribution in [-0.4, -0.2) is 29.4 Å². The quantitative estimate of drug-likeness (QED) is 0.426. The highest BCUT2D eigenvalue weighted by molar-refractivity contribution is 5.87. The van der Waals surface area contributed by atoms with Crippen LogP contribution < -0.4 is 5.32 Å². The number of rotatable bonds is 4. The molecule has 0 radical (unpaired) electrons. The third kappa shape index (κ3) is 2.82. The Kier molecular flexibility index (Phi) is 3.89. The van der Waals surface area contributed by atoms with Gasteiger partial charge in [0.15, 0.2) is 5.69 Å². The molecule has 0 saturated heterocycles. The molecular weight excluding hydrogens is 194 g/mol. The highest BCUT2D eigenvalue weighted by Gasteiger charge is 2.12. The lowest BCUT2D eigenvalue weighted by molar-refractivity contribution is 0.0593. The number of esters is 1. The Balaban J connectivity index is 2.70. The van der Waals surface area contributed by atoms with Gasteiger partial charge in [-0.25, -0.2) is 4.79 Å². The summed E-state index contributed by atoms with van der Waals surface area (Å²) in [7, 11) is 3.09. The molecule has 0 spiro atoms. The summed E-state index contributed by atoms with van der Waals surface area (Å²) in [6, 6.07) is 1.68. The van der Waals surface area contributed by atoms with Crippen molar-refractivity contribution in [2.75, 3.05) is 13.7 Å². The van der Waals surface area contributed by atoms with Crippen molar-refractivity contribution in [1.82, 2.24) is 15.1 Å². The topological polar surface area (TPSA) is 56.1 Å². The number of aryl methyl sites for hydroxylation is 1. The first-order chi connectivity index (χ1) is 7.19. The number of nitrogens with zero attached hydrogens (tertiary/aromatic N) is 2. The average molecular weight is 207 g/mol. The number of carbonyl (C=O) groups excluding carboxylic acids is 1. The van der Waals surface area contributed by atoms with Crippen LogP contribution in [0.2, 0.25) is 0 Å². The Hall–Kier alpha value is -1.80. The van der Waals surface area contributed by atoms with Crippen LogP contribution in [0.15, 0.2) is 6.07 Å². The first-order valence-electron chi connectivity index (χ1n) is 4.44. The van der Waals surface area contributed by atoms with E-state index in [0.717, 1.165) is 5.69 Å². The lowest BCUT2D eigenvalue weighted by Crippen LogP contribution is -2.15. The fourth-order valence-electron chi connectivity index (χ4n) is 1.14. The Bertz CT molecular complexity index is 390. The second kappa shape index (κ2) is 5.17. The fourth-order valence-corrected chi connectivity index (χ4v) is 1.14. The Morgan fingerprint density at radius 1 is 1.80 bits per heavy atom. The second-order valence-electron chi connectivity index (χ2n) is 2.94. The number of carbonyl (C=O) groups is 1. The van der Waals surface area contributed by atoms with Crippen LogP contribution in [-0.2, 0) is 18.3 Å². The van der Waals surface area contributed by atoms with Crippen LogP contribution in [0.3, 0.4) is 0 Å². The molecule has 1 N–H and O–H groups in total. The van der Waals surface area contributed by atoms with Crippen molar-refractivity contribution in [1.29, 1.82) is 0 Å². The zero-order valence-electron chi connectivity index (χ0n) is 8.78. The molecule has 0 unspecified atom stereocenters. The molecule has 1 heterocycles.